The van der Waals surface area contributed by atoms with Gasteiger partial charge in [0.2, 0.25) is 15.9 Å². The number of hydrogen-bond donors (Lipinski definition) is 2. The van der Waals surface area contributed by atoms with E-state index in [1.165, 1.54) is 12.1 Å². The number of carbonyl (C=O) groups excluding carboxylic acids is 2. The molecule has 8 nitrogen and oxygen atoms in total. The molecule has 1 aromatic carbocycles. The fourth-order valence-electron chi connectivity index (χ4n) is 3.52. The highest BCUT2D eigenvalue weighted by atomic mass is 32.2. The van der Waals surface area contributed by atoms with Crippen molar-refractivity contribution in [1.82, 2.24) is 14.5 Å². The second-order valence-electron chi connectivity index (χ2n) is 6.86. The fraction of sp³-hybridized carbons (Fsp3) is 0.529. The molecule has 3 rings (SSSR count). The summed E-state index contributed by atoms with van der Waals surface area (Å²) in [5.74, 6) is -0.250. The Hall–Kier alpha value is -1.97. The lowest BCUT2D eigenvalue weighted by atomic mass is 10.1. The molecule has 9 heteroatoms. The zero-order chi connectivity index (χ0) is 18.9. The predicted molar refractivity (Wildman–Crippen MR) is 95.9 cm³/mol. The van der Waals surface area contributed by atoms with Gasteiger partial charge >= 0.3 is 0 Å². The smallest absolute Gasteiger partial charge is 0.254 e. The molecule has 1 aromatic rings. The zero-order valence-corrected chi connectivity index (χ0v) is 15.5. The summed E-state index contributed by atoms with van der Waals surface area (Å²) in [7, 11) is -3.82. The number of hydrogen-bond acceptors (Lipinski definition) is 5. The number of sulfonamides is 1. The second-order valence-corrected chi connectivity index (χ2v) is 8.80. The van der Waals surface area contributed by atoms with Crippen LogP contribution in [-0.4, -0.2) is 68.2 Å². The average Bonchev–Trinajstić information content (AvgIpc) is 3.02. The molecule has 2 aliphatic heterocycles. The normalized spacial score (nSPS) is 24.5. The maximum Gasteiger partial charge on any atom is 0.254 e. The summed E-state index contributed by atoms with van der Waals surface area (Å²) < 4.78 is 26.7. The van der Waals surface area contributed by atoms with Crippen molar-refractivity contribution >= 4 is 21.8 Å². The summed E-state index contributed by atoms with van der Waals surface area (Å²) in [5.41, 5.74) is 6.05. The minimum absolute atomic E-state index is 0.0280. The summed E-state index contributed by atoms with van der Waals surface area (Å²) in [6.07, 6.45) is 0.850. The lowest BCUT2D eigenvalue weighted by Crippen LogP contribution is -2.49. The lowest BCUT2D eigenvalue weighted by molar-refractivity contribution is -0.122. The highest BCUT2D eigenvalue weighted by Gasteiger charge is 2.33. The number of likely N-dealkylation sites (tertiary alicyclic amines) is 1. The maximum absolute atomic E-state index is 12.8. The van der Waals surface area contributed by atoms with Crippen LogP contribution in [0, 0.1) is 5.92 Å². The molecule has 2 saturated heterocycles. The van der Waals surface area contributed by atoms with Crippen LogP contribution in [0.4, 0.5) is 0 Å². The molecule has 2 amide bonds. The summed E-state index contributed by atoms with van der Waals surface area (Å²) in [5, 5.41) is 2.60. The molecular formula is C17H24N4O4S. The topological polar surface area (TPSA) is 113 Å². The molecule has 2 aliphatic rings. The van der Waals surface area contributed by atoms with Crippen LogP contribution >= 0.6 is 0 Å². The number of benzene rings is 1. The molecule has 0 spiro atoms. The Labute approximate surface area is 153 Å². The van der Waals surface area contributed by atoms with E-state index in [1.807, 2.05) is 6.92 Å². The summed E-state index contributed by atoms with van der Waals surface area (Å²) in [6.45, 7) is 3.37. The third-order valence-electron chi connectivity index (χ3n) is 4.98. The van der Waals surface area contributed by atoms with Gasteiger partial charge < -0.3 is 16.0 Å². The van der Waals surface area contributed by atoms with Crippen LogP contribution in [0.3, 0.4) is 0 Å². The van der Waals surface area contributed by atoms with E-state index in [9.17, 15) is 18.0 Å². The van der Waals surface area contributed by atoms with Gasteiger partial charge in [0.15, 0.2) is 0 Å². The molecule has 0 radical (unpaired) electrons. The van der Waals surface area contributed by atoms with Gasteiger partial charge in [0.1, 0.15) is 0 Å². The van der Waals surface area contributed by atoms with Gasteiger partial charge in [-0.3, -0.25) is 9.59 Å². The Morgan fingerprint density at radius 2 is 2.15 bits per heavy atom. The van der Waals surface area contributed by atoms with Crippen LogP contribution in [-0.2, 0) is 14.8 Å². The Morgan fingerprint density at radius 1 is 1.38 bits per heavy atom. The van der Waals surface area contributed by atoms with Gasteiger partial charge in [0.05, 0.1) is 11.4 Å². The monoisotopic (exact) mass is 380 g/mol. The summed E-state index contributed by atoms with van der Waals surface area (Å²) >= 11 is 0. The van der Waals surface area contributed by atoms with Gasteiger partial charge in [0.25, 0.3) is 5.91 Å². The van der Waals surface area contributed by atoms with Gasteiger partial charge in [0, 0.05) is 31.2 Å². The summed E-state index contributed by atoms with van der Waals surface area (Å²) in [6, 6.07) is 6.10. The van der Waals surface area contributed by atoms with Gasteiger partial charge in [-0.1, -0.05) is 6.07 Å². The molecule has 2 atom stereocenters. The predicted octanol–water partition coefficient (Wildman–Crippen LogP) is -0.384. The van der Waals surface area contributed by atoms with E-state index in [0.29, 0.717) is 18.7 Å². The van der Waals surface area contributed by atoms with E-state index in [1.54, 1.807) is 17.0 Å². The molecule has 2 fully saturated rings. The lowest BCUT2D eigenvalue weighted by Gasteiger charge is -2.26. The summed E-state index contributed by atoms with van der Waals surface area (Å²) in [4.78, 5) is 26.1. The molecule has 142 valence electrons. The van der Waals surface area contributed by atoms with Crippen molar-refractivity contribution in [3.63, 3.8) is 0 Å². The quantitative estimate of drug-likeness (QED) is 0.739. The van der Waals surface area contributed by atoms with Crippen LogP contribution in [0.25, 0.3) is 0 Å². The third-order valence-corrected chi connectivity index (χ3v) is 6.82. The number of nitrogens with two attached hydrogens (primary N) is 1. The Bertz CT molecular complexity index is 811. The van der Waals surface area contributed by atoms with E-state index in [0.717, 1.165) is 10.7 Å². The molecule has 2 unspecified atom stereocenters. The maximum atomic E-state index is 12.8. The Morgan fingerprint density at radius 3 is 2.81 bits per heavy atom. The van der Waals surface area contributed by atoms with Crippen molar-refractivity contribution in [3.05, 3.63) is 29.8 Å². The molecule has 0 bridgehead atoms. The van der Waals surface area contributed by atoms with E-state index in [2.05, 4.69) is 5.32 Å². The van der Waals surface area contributed by atoms with Gasteiger partial charge in [-0.2, -0.15) is 4.31 Å². The van der Waals surface area contributed by atoms with Crippen molar-refractivity contribution in [2.45, 2.75) is 24.3 Å². The van der Waals surface area contributed by atoms with Crippen molar-refractivity contribution < 1.29 is 18.0 Å². The van der Waals surface area contributed by atoms with Crippen LogP contribution < -0.4 is 11.1 Å². The van der Waals surface area contributed by atoms with Crippen LogP contribution in [0.15, 0.2) is 29.2 Å². The van der Waals surface area contributed by atoms with Crippen LogP contribution in [0.2, 0.25) is 0 Å². The highest BCUT2D eigenvalue weighted by molar-refractivity contribution is 7.89. The van der Waals surface area contributed by atoms with Crippen molar-refractivity contribution in [2.75, 3.05) is 32.7 Å². The number of amides is 2. The Kier molecular flexibility index (Phi) is 5.31. The first-order valence-electron chi connectivity index (χ1n) is 8.71. The zero-order valence-electron chi connectivity index (χ0n) is 14.7. The third kappa shape index (κ3) is 3.60. The van der Waals surface area contributed by atoms with E-state index in [-0.39, 0.29) is 48.3 Å². The standard InChI is InChI=1S/C17H24N4O4S/c1-12-7-13(9-18)10-21(12)17(23)14-3-2-4-15(8-14)26(24,25)20-6-5-19-16(22)11-20/h2-4,8,12-13H,5-7,9-11,18H2,1H3,(H,19,22). The van der Waals surface area contributed by atoms with E-state index < -0.39 is 10.0 Å². The van der Waals surface area contributed by atoms with Crippen LogP contribution in [0.5, 0.6) is 0 Å². The van der Waals surface area contributed by atoms with Crippen molar-refractivity contribution in [1.29, 1.82) is 0 Å². The molecule has 3 N–H and O–H groups in total. The minimum Gasteiger partial charge on any atom is -0.354 e. The molecule has 2 heterocycles. The molecule has 0 saturated carbocycles. The van der Waals surface area contributed by atoms with Gasteiger partial charge in [-0.25, -0.2) is 8.42 Å². The first-order valence-corrected chi connectivity index (χ1v) is 10.1. The van der Waals surface area contributed by atoms with Gasteiger partial charge in [-0.15, -0.1) is 0 Å². The molecule has 0 aromatic heterocycles. The first-order chi connectivity index (χ1) is 12.3. The molecule has 26 heavy (non-hydrogen) atoms. The van der Waals surface area contributed by atoms with Gasteiger partial charge in [-0.05, 0) is 44.0 Å². The SMILES string of the molecule is CC1CC(CN)CN1C(=O)c1cccc(S(=O)(=O)N2CCNC(=O)C2)c1. The fourth-order valence-corrected chi connectivity index (χ4v) is 4.96. The average molecular weight is 380 g/mol. The number of carbonyl (C=O) groups is 2. The van der Waals surface area contributed by atoms with Crippen molar-refractivity contribution in [2.24, 2.45) is 11.7 Å². The van der Waals surface area contributed by atoms with E-state index in [4.69, 9.17) is 5.73 Å². The molecule has 0 aliphatic carbocycles. The molecular weight excluding hydrogens is 356 g/mol. The van der Waals surface area contributed by atoms with E-state index >= 15 is 0 Å². The number of nitrogens with zero attached hydrogens (tertiary/aromatic N) is 2. The number of rotatable bonds is 4. The van der Waals surface area contributed by atoms with Crippen molar-refractivity contribution in [3.8, 4) is 0 Å². The van der Waals surface area contributed by atoms with Crippen LogP contribution in [0.1, 0.15) is 23.7 Å². The number of nitrogens with one attached hydrogen (secondary N) is 1. The highest BCUT2D eigenvalue weighted by Crippen LogP contribution is 2.25. The largest absolute Gasteiger partial charge is 0.354 e. The Balaban J connectivity index is 1.84. The first kappa shape index (κ1) is 18.8. The minimum atomic E-state index is -3.82. The second kappa shape index (κ2) is 7.34. The number of piperazine rings is 1.